The van der Waals surface area contributed by atoms with Crippen LogP contribution in [0.25, 0.3) is 10.9 Å². The largest absolute Gasteiger partial charge is 0.497 e. The van der Waals surface area contributed by atoms with Crippen molar-refractivity contribution in [3.8, 4) is 11.5 Å². The van der Waals surface area contributed by atoms with Crippen LogP contribution in [0.1, 0.15) is 11.3 Å². The molecule has 0 aliphatic carbocycles. The molecule has 0 unspecified atom stereocenters. The Morgan fingerprint density at radius 3 is 2.58 bits per heavy atom. The highest BCUT2D eigenvalue weighted by Gasteiger charge is 2.12. The fourth-order valence-corrected chi connectivity index (χ4v) is 2.09. The molecule has 1 N–H and O–H groups in total. The number of nitrogens with zero attached hydrogens (tertiary/aromatic N) is 1. The van der Waals surface area contributed by atoms with Crippen molar-refractivity contribution in [2.24, 2.45) is 0 Å². The van der Waals surface area contributed by atoms with Crippen molar-refractivity contribution < 1.29 is 19.4 Å². The number of benzene rings is 1. The lowest BCUT2D eigenvalue weighted by Gasteiger charge is -2.11. The molecule has 100 valence electrons. The molecule has 2 rings (SSSR count). The van der Waals surface area contributed by atoms with Gasteiger partial charge in [-0.15, -0.1) is 0 Å². The molecule has 1 aromatic heterocycles. The zero-order chi connectivity index (χ0) is 14.0. The van der Waals surface area contributed by atoms with Crippen molar-refractivity contribution in [1.29, 1.82) is 0 Å². The maximum absolute atomic E-state index is 10.8. The normalized spacial score (nSPS) is 10.5. The van der Waals surface area contributed by atoms with E-state index in [-0.39, 0.29) is 6.42 Å². The highest BCUT2D eigenvalue weighted by atomic mass is 16.5. The van der Waals surface area contributed by atoms with Crippen molar-refractivity contribution >= 4 is 16.9 Å². The van der Waals surface area contributed by atoms with E-state index in [1.165, 1.54) is 0 Å². The van der Waals surface area contributed by atoms with Gasteiger partial charge in [0, 0.05) is 17.5 Å². The number of aromatic nitrogens is 1. The van der Waals surface area contributed by atoms with E-state index < -0.39 is 5.97 Å². The van der Waals surface area contributed by atoms with E-state index in [1.807, 2.05) is 6.92 Å². The number of carboxylic acid groups (broad SMARTS) is 1. The van der Waals surface area contributed by atoms with Gasteiger partial charge in [0.2, 0.25) is 0 Å². The first-order valence-corrected chi connectivity index (χ1v) is 5.79. The van der Waals surface area contributed by atoms with Crippen molar-refractivity contribution in [3.05, 3.63) is 29.5 Å². The van der Waals surface area contributed by atoms with Crippen molar-refractivity contribution in [2.75, 3.05) is 14.2 Å². The molecular formula is C14H15NO4. The number of aryl methyl sites for hydroxylation is 1. The van der Waals surface area contributed by atoms with E-state index in [9.17, 15) is 4.79 Å². The lowest BCUT2D eigenvalue weighted by atomic mass is 10.1. The smallest absolute Gasteiger partial charge is 0.309 e. The van der Waals surface area contributed by atoms with Gasteiger partial charge in [0.15, 0.2) is 0 Å². The molecule has 0 fully saturated rings. The monoisotopic (exact) mass is 261 g/mol. The summed E-state index contributed by atoms with van der Waals surface area (Å²) >= 11 is 0. The fourth-order valence-electron chi connectivity index (χ4n) is 2.09. The summed E-state index contributed by atoms with van der Waals surface area (Å²) in [5.41, 5.74) is 2.13. The van der Waals surface area contributed by atoms with Gasteiger partial charge in [-0.2, -0.15) is 0 Å². The molecule has 0 spiro atoms. The number of rotatable bonds is 4. The van der Waals surface area contributed by atoms with Crippen LogP contribution in [-0.4, -0.2) is 30.3 Å². The Morgan fingerprint density at radius 2 is 2.00 bits per heavy atom. The van der Waals surface area contributed by atoms with Gasteiger partial charge in [-0.25, -0.2) is 0 Å². The first-order chi connectivity index (χ1) is 9.05. The van der Waals surface area contributed by atoms with Gasteiger partial charge < -0.3 is 14.6 Å². The van der Waals surface area contributed by atoms with Gasteiger partial charge >= 0.3 is 5.97 Å². The second-order valence-corrected chi connectivity index (χ2v) is 4.22. The third-order valence-corrected chi connectivity index (χ3v) is 2.88. The first-order valence-electron chi connectivity index (χ1n) is 5.79. The van der Waals surface area contributed by atoms with Crippen LogP contribution in [0.5, 0.6) is 11.5 Å². The molecular weight excluding hydrogens is 246 g/mol. The van der Waals surface area contributed by atoms with E-state index in [4.69, 9.17) is 14.6 Å². The molecule has 0 aliphatic rings. The summed E-state index contributed by atoms with van der Waals surface area (Å²) in [6, 6.07) is 5.33. The molecule has 2 aromatic rings. The van der Waals surface area contributed by atoms with Gasteiger partial charge in [0.05, 0.1) is 31.9 Å². The predicted octanol–water partition coefficient (Wildman–Crippen LogP) is 2.19. The Kier molecular flexibility index (Phi) is 3.55. The average molecular weight is 261 g/mol. The number of hydrogen-bond acceptors (Lipinski definition) is 4. The number of hydrogen-bond donors (Lipinski definition) is 1. The molecule has 1 heterocycles. The molecule has 0 saturated heterocycles. The van der Waals surface area contributed by atoms with Crippen molar-refractivity contribution in [2.45, 2.75) is 13.3 Å². The van der Waals surface area contributed by atoms with Crippen LogP contribution in [0.2, 0.25) is 0 Å². The molecule has 0 radical (unpaired) electrons. The van der Waals surface area contributed by atoms with E-state index in [1.54, 1.807) is 32.4 Å². The number of ether oxygens (including phenoxy) is 2. The number of carbonyl (C=O) groups is 1. The van der Waals surface area contributed by atoms with Gasteiger partial charge in [-0.1, -0.05) is 0 Å². The minimum atomic E-state index is -0.902. The first kappa shape index (κ1) is 13.1. The summed E-state index contributed by atoms with van der Waals surface area (Å²) < 4.78 is 10.5. The van der Waals surface area contributed by atoms with E-state index in [2.05, 4.69) is 4.98 Å². The standard InChI is InChI=1S/C14H15NO4/c1-8-4-9(5-13(16)17)15-11-6-10(18-2)7-12(19-3)14(8)11/h4,6-7H,5H2,1-3H3,(H,16,17). The van der Waals surface area contributed by atoms with Crippen LogP contribution in [0, 0.1) is 6.92 Å². The molecule has 0 aliphatic heterocycles. The minimum Gasteiger partial charge on any atom is -0.497 e. The summed E-state index contributed by atoms with van der Waals surface area (Å²) in [6.07, 6.45) is -0.101. The topological polar surface area (TPSA) is 68.7 Å². The molecule has 5 heteroatoms. The molecule has 1 aromatic carbocycles. The quantitative estimate of drug-likeness (QED) is 0.913. The number of aliphatic carboxylic acids is 1. The van der Waals surface area contributed by atoms with Crippen molar-refractivity contribution in [3.63, 3.8) is 0 Å². The minimum absolute atomic E-state index is 0.101. The second kappa shape index (κ2) is 5.14. The van der Waals surface area contributed by atoms with E-state index >= 15 is 0 Å². The van der Waals surface area contributed by atoms with E-state index in [0.29, 0.717) is 22.7 Å². The highest BCUT2D eigenvalue weighted by Crippen LogP contribution is 2.32. The molecule has 0 amide bonds. The van der Waals surface area contributed by atoms with Crippen LogP contribution >= 0.6 is 0 Å². The lowest BCUT2D eigenvalue weighted by molar-refractivity contribution is -0.136. The molecule has 0 bridgehead atoms. The second-order valence-electron chi connectivity index (χ2n) is 4.22. The summed E-state index contributed by atoms with van der Waals surface area (Å²) in [7, 11) is 3.15. The summed E-state index contributed by atoms with van der Waals surface area (Å²) in [5, 5.41) is 9.71. The van der Waals surface area contributed by atoms with Crippen LogP contribution in [-0.2, 0) is 11.2 Å². The maximum Gasteiger partial charge on any atom is 0.309 e. The Labute approximate surface area is 110 Å². The van der Waals surface area contributed by atoms with E-state index in [0.717, 1.165) is 10.9 Å². The SMILES string of the molecule is COc1cc(OC)c2c(C)cc(CC(=O)O)nc2c1. The van der Waals surface area contributed by atoms with Gasteiger partial charge in [-0.3, -0.25) is 9.78 Å². The average Bonchev–Trinajstić information content (AvgIpc) is 2.36. The van der Waals surface area contributed by atoms with Gasteiger partial charge in [0.1, 0.15) is 11.5 Å². The zero-order valence-corrected chi connectivity index (χ0v) is 11.1. The van der Waals surface area contributed by atoms with Gasteiger partial charge in [0.25, 0.3) is 0 Å². The summed E-state index contributed by atoms with van der Waals surface area (Å²) in [4.78, 5) is 15.1. The highest BCUT2D eigenvalue weighted by molar-refractivity contribution is 5.90. The van der Waals surface area contributed by atoms with Crippen LogP contribution in [0.3, 0.4) is 0 Å². The third kappa shape index (κ3) is 2.59. The molecule has 5 nitrogen and oxygen atoms in total. The van der Waals surface area contributed by atoms with Crippen LogP contribution in [0.4, 0.5) is 0 Å². The summed E-state index contributed by atoms with van der Waals surface area (Å²) in [6.45, 7) is 1.91. The third-order valence-electron chi connectivity index (χ3n) is 2.88. The number of fused-ring (bicyclic) bond motifs is 1. The number of methoxy groups -OCH3 is 2. The van der Waals surface area contributed by atoms with Crippen LogP contribution < -0.4 is 9.47 Å². The lowest BCUT2D eigenvalue weighted by Crippen LogP contribution is -2.03. The Balaban J connectivity index is 2.68. The number of pyridine rings is 1. The maximum atomic E-state index is 10.8. The number of carboxylic acids is 1. The Hall–Kier alpha value is -2.30. The zero-order valence-electron chi connectivity index (χ0n) is 11.1. The molecule has 0 atom stereocenters. The van der Waals surface area contributed by atoms with Crippen LogP contribution in [0.15, 0.2) is 18.2 Å². The molecule has 19 heavy (non-hydrogen) atoms. The molecule has 0 saturated carbocycles. The Bertz CT molecular complexity index is 637. The van der Waals surface area contributed by atoms with Gasteiger partial charge in [-0.05, 0) is 18.6 Å². The Morgan fingerprint density at radius 1 is 1.26 bits per heavy atom. The predicted molar refractivity (Wildman–Crippen MR) is 70.9 cm³/mol. The fraction of sp³-hybridized carbons (Fsp3) is 0.286. The van der Waals surface area contributed by atoms with Crippen molar-refractivity contribution in [1.82, 2.24) is 4.98 Å². The summed E-state index contributed by atoms with van der Waals surface area (Å²) in [5.74, 6) is 0.395.